The van der Waals surface area contributed by atoms with E-state index in [0.29, 0.717) is 0 Å². The van der Waals surface area contributed by atoms with E-state index in [1.807, 2.05) is 0 Å². The molecule has 44 valence electrons. The Morgan fingerprint density at radius 2 is 1.14 bits per heavy atom. The predicted molar refractivity (Wildman–Crippen MR) is 21.0 cm³/mol. The summed E-state index contributed by atoms with van der Waals surface area (Å²) in [6.07, 6.45) is 0. The Morgan fingerprint density at radius 3 is 1.14 bits per heavy atom. The van der Waals surface area contributed by atoms with Gasteiger partial charge in [-0.05, 0) is 0 Å². The third-order valence-corrected chi connectivity index (χ3v) is 0. The van der Waals surface area contributed by atoms with Crippen molar-refractivity contribution in [3.63, 3.8) is 0 Å². The van der Waals surface area contributed by atoms with Gasteiger partial charge in [-0.3, -0.25) is 0 Å². The first-order valence-corrected chi connectivity index (χ1v) is 2.35. The van der Waals surface area contributed by atoms with Gasteiger partial charge in [-0.1, -0.05) is 7.43 Å². The minimum absolute atomic E-state index is 0. The van der Waals surface area contributed by atoms with Crippen LogP contribution < -0.4 is 0 Å². The van der Waals surface area contributed by atoms with Crippen molar-refractivity contribution in [2.75, 3.05) is 0 Å². The maximum absolute atomic E-state index is 8.88. The van der Waals surface area contributed by atoms with Crippen molar-refractivity contribution in [2.24, 2.45) is 0 Å². The minimum atomic E-state index is -4.64. The Kier molecular flexibility index (Phi) is 11.1. The number of hydrogen-bond donors (Lipinski definition) is 3. The van der Waals surface area contributed by atoms with E-state index in [4.69, 9.17) is 19.2 Å². The van der Waals surface area contributed by atoms with Crippen molar-refractivity contribution >= 4 is 7.82 Å². The topological polar surface area (TPSA) is 77.8 Å². The van der Waals surface area contributed by atoms with E-state index in [1.165, 1.54) is 0 Å². The molecule has 6 heteroatoms. The Balaban J connectivity index is -0.0000000800. The Morgan fingerprint density at radius 1 is 1.14 bits per heavy atom. The van der Waals surface area contributed by atoms with E-state index in [1.54, 1.807) is 0 Å². The van der Waals surface area contributed by atoms with Crippen molar-refractivity contribution in [1.82, 2.24) is 0 Å². The number of rotatable bonds is 0. The van der Waals surface area contributed by atoms with Gasteiger partial charge in [0, 0.05) is 21.7 Å². The van der Waals surface area contributed by atoms with Crippen LogP contribution in [0, 0.1) is 0 Å². The average molecular weight is 162 g/mol. The van der Waals surface area contributed by atoms with Crippen LogP contribution in [0.2, 0.25) is 0 Å². The maximum Gasteiger partial charge on any atom is 0.466 e. The van der Waals surface area contributed by atoms with Crippen LogP contribution in [0.5, 0.6) is 0 Å². The van der Waals surface area contributed by atoms with E-state index >= 15 is 0 Å². The molecule has 0 saturated heterocycles. The normalized spacial score (nSPS) is 8.43. The summed E-state index contributed by atoms with van der Waals surface area (Å²) in [5, 5.41) is 0. The molecule has 0 saturated carbocycles. The summed E-state index contributed by atoms with van der Waals surface area (Å²) in [4.78, 5) is 21.6. The number of phosphoric acid groups is 1. The Hall–Kier alpha value is 0.824. The second-order valence-corrected chi connectivity index (χ2v) is 1.54. The second kappa shape index (κ2) is 4.97. The van der Waals surface area contributed by atoms with Gasteiger partial charge in [0.05, 0.1) is 0 Å². The van der Waals surface area contributed by atoms with Crippen molar-refractivity contribution in [1.29, 1.82) is 0 Å². The summed E-state index contributed by atoms with van der Waals surface area (Å²) in [6, 6.07) is 0. The van der Waals surface area contributed by atoms with Gasteiger partial charge in [-0.25, -0.2) is 4.57 Å². The van der Waals surface area contributed by atoms with Crippen LogP contribution in [0.4, 0.5) is 0 Å². The molecule has 0 rings (SSSR count). The average Bonchev–Trinajstić information content (AvgIpc) is 0.722. The molecule has 0 amide bonds. The van der Waals surface area contributed by atoms with E-state index in [-0.39, 0.29) is 29.1 Å². The fraction of sp³-hybridized carbons (Fsp3) is 1.00. The van der Waals surface area contributed by atoms with Crippen molar-refractivity contribution < 1.29 is 41.0 Å². The van der Waals surface area contributed by atoms with Crippen LogP contribution in [0.25, 0.3) is 0 Å². The molecule has 0 fully saturated rings. The molecule has 0 heterocycles. The molecule has 0 radical (unpaired) electrons. The Labute approximate surface area is 56.7 Å². The molecule has 0 aliphatic heterocycles. The molecule has 7 heavy (non-hydrogen) atoms. The van der Waals surface area contributed by atoms with E-state index < -0.39 is 7.82 Å². The van der Waals surface area contributed by atoms with Crippen LogP contribution in [-0.2, 0) is 26.3 Å². The van der Waals surface area contributed by atoms with Gasteiger partial charge in [0.25, 0.3) is 0 Å². The minimum Gasteiger partial charge on any atom is -0.303 e. The molecule has 0 spiro atoms. The molecule has 3 N–H and O–H groups in total. The van der Waals surface area contributed by atoms with Crippen LogP contribution in [0.3, 0.4) is 0 Å². The van der Waals surface area contributed by atoms with Gasteiger partial charge in [0.15, 0.2) is 0 Å². The van der Waals surface area contributed by atoms with E-state index in [9.17, 15) is 0 Å². The molecule has 0 aliphatic carbocycles. The molecule has 0 aromatic carbocycles. The van der Waals surface area contributed by atoms with Gasteiger partial charge in [0.2, 0.25) is 0 Å². The summed E-state index contributed by atoms with van der Waals surface area (Å²) in [7, 11) is -4.64. The number of hydrogen-bond acceptors (Lipinski definition) is 1. The van der Waals surface area contributed by atoms with Crippen LogP contribution in [0.1, 0.15) is 7.43 Å². The summed E-state index contributed by atoms with van der Waals surface area (Å²) in [6.45, 7) is 0. The molecule has 4 nitrogen and oxygen atoms in total. The largest absolute Gasteiger partial charge is 0.466 e. The molecule has 0 bridgehead atoms. The maximum atomic E-state index is 8.88. The van der Waals surface area contributed by atoms with Crippen LogP contribution in [-0.4, -0.2) is 14.7 Å². The fourth-order valence-corrected chi connectivity index (χ4v) is 0. The monoisotopic (exact) mass is 162 g/mol. The third kappa shape index (κ3) is 234. The zero-order valence-corrected chi connectivity index (χ0v) is 5.15. The molecule has 0 atom stereocenters. The van der Waals surface area contributed by atoms with Crippen LogP contribution >= 0.6 is 7.82 Å². The smallest absolute Gasteiger partial charge is 0.303 e. The zero-order chi connectivity index (χ0) is 4.50. The molecular formula is CH7O4PTi. The van der Waals surface area contributed by atoms with Gasteiger partial charge in [0.1, 0.15) is 0 Å². The first kappa shape index (κ1) is 15.7. The molecule has 0 aromatic rings. The quantitative estimate of drug-likeness (QED) is 0.337. The predicted octanol–water partition coefficient (Wildman–Crippen LogP) is -0.295. The SMILES string of the molecule is C.O=P(O)(O)O.[Ti]. The van der Waals surface area contributed by atoms with Crippen LogP contribution in [0.15, 0.2) is 0 Å². The Bertz CT molecular complexity index is 57.8. The van der Waals surface area contributed by atoms with Gasteiger partial charge in [-0.15, -0.1) is 0 Å². The standard InChI is InChI=1S/CH4.H3O4P.Ti/c;1-5(2,3)4;/h1H4;(H3,1,2,3,4);. The van der Waals surface area contributed by atoms with Gasteiger partial charge < -0.3 is 14.7 Å². The second-order valence-electron chi connectivity index (χ2n) is 0.513. The summed E-state index contributed by atoms with van der Waals surface area (Å²) in [5.41, 5.74) is 0. The zero-order valence-electron chi connectivity index (χ0n) is 2.70. The summed E-state index contributed by atoms with van der Waals surface area (Å²) < 4.78 is 8.88. The molecular weight excluding hydrogens is 155 g/mol. The third-order valence-electron chi connectivity index (χ3n) is 0. The summed E-state index contributed by atoms with van der Waals surface area (Å²) >= 11 is 0. The first-order chi connectivity index (χ1) is 2.00. The fourth-order valence-electron chi connectivity index (χ4n) is 0. The van der Waals surface area contributed by atoms with Crippen molar-refractivity contribution in [3.05, 3.63) is 0 Å². The van der Waals surface area contributed by atoms with Gasteiger partial charge >= 0.3 is 7.82 Å². The van der Waals surface area contributed by atoms with E-state index in [0.717, 1.165) is 0 Å². The molecule has 0 unspecified atom stereocenters. The molecule has 0 aromatic heterocycles. The summed E-state index contributed by atoms with van der Waals surface area (Å²) in [5.74, 6) is 0. The van der Waals surface area contributed by atoms with Crippen molar-refractivity contribution in [2.45, 2.75) is 7.43 Å². The molecule has 0 aliphatic rings. The van der Waals surface area contributed by atoms with Crippen molar-refractivity contribution in [3.8, 4) is 0 Å². The first-order valence-electron chi connectivity index (χ1n) is 0.783. The van der Waals surface area contributed by atoms with E-state index in [2.05, 4.69) is 0 Å². The van der Waals surface area contributed by atoms with Gasteiger partial charge in [-0.2, -0.15) is 0 Å².